The van der Waals surface area contributed by atoms with Gasteiger partial charge in [0.2, 0.25) is 0 Å². The number of rotatable bonds is 2. The lowest BCUT2D eigenvalue weighted by atomic mass is 10.1. The first-order valence-corrected chi connectivity index (χ1v) is 5.18. The lowest BCUT2D eigenvalue weighted by molar-refractivity contribution is -0.138. The maximum Gasteiger partial charge on any atom is 0.306 e. The smallest absolute Gasteiger partial charge is 0.306 e. The van der Waals surface area contributed by atoms with Crippen LogP contribution < -0.4 is 0 Å². The highest BCUT2D eigenvalue weighted by Crippen LogP contribution is 2.49. The van der Waals surface area contributed by atoms with Gasteiger partial charge in [0.25, 0.3) is 0 Å². The summed E-state index contributed by atoms with van der Waals surface area (Å²) in [7, 11) is 0. The van der Waals surface area contributed by atoms with Crippen molar-refractivity contribution < 1.29 is 9.90 Å². The normalized spacial score (nSPS) is 42.4. The Kier molecular flexibility index (Phi) is 1.83. The molecular formula is C8H12O2S. The Labute approximate surface area is 70.4 Å². The topological polar surface area (TPSA) is 37.3 Å². The Morgan fingerprint density at radius 3 is 2.82 bits per heavy atom. The highest BCUT2D eigenvalue weighted by atomic mass is 32.2. The summed E-state index contributed by atoms with van der Waals surface area (Å²) in [5.74, 6) is 1.18. The predicted molar refractivity (Wildman–Crippen MR) is 44.7 cm³/mol. The summed E-state index contributed by atoms with van der Waals surface area (Å²) in [6.07, 6.45) is 3.48. The van der Waals surface area contributed by atoms with Gasteiger partial charge in [0.05, 0.1) is 5.92 Å². The van der Waals surface area contributed by atoms with E-state index in [2.05, 4.69) is 0 Å². The average molecular weight is 172 g/mol. The number of hydrogen-bond donors (Lipinski definition) is 1. The molecule has 0 amide bonds. The number of thioether (sulfide) groups is 1. The van der Waals surface area contributed by atoms with Gasteiger partial charge in [-0.15, -0.1) is 0 Å². The van der Waals surface area contributed by atoms with Crippen molar-refractivity contribution in [1.82, 2.24) is 0 Å². The minimum Gasteiger partial charge on any atom is -0.481 e. The van der Waals surface area contributed by atoms with E-state index in [0.29, 0.717) is 11.2 Å². The molecule has 0 aromatic carbocycles. The maximum atomic E-state index is 10.5. The fourth-order valence-corrected chi connectivity index (χ4v) is 3.37. The second-order valence-electron chi connectivity index (χ2n) is 3.40. The van der Waals surface area contributed by atoms with Gasteiger partial charge in [0, 0.05) is 5.25 Å². The molecule has 3 heteroatoms. The molecule has 0 aromatic rings. The molecule has 0 spiro atoms. The van der Waals surface area contributed by atoms with Crippen LogP contribution in [0.1, 0.15) is 19.3 Å². The van der Waals surface area contributed by atoms with E-state index in [1.54, 1.807) is 0 Å². The molecule has 2 fully saturated rings. The summed E-state index contributed by atoms with van der Waals surface area (Å²) in [6.45, 7) is 0. The van der Waals surface area contributed by atoms with Gasteiger partial charge in [-0.05, 0) is 30.9 Å². The van der Waals surface area contributed by atoms with Crippen molar-refractivity contribution in [3.8, 4) is 0 Å². The number of carboxylic acids is 1. The van der Waals surface area contributed by atoms with Crippen LogP contribution >= 0.6 is 11.8 Å². The molecule has 3 unspecified atom stereocenters. The molecule has 1 heterocycles. The van der Waals surface area contributed by atoms with Crippen LogP contribution in [0.5, 0.6) is 0 Å². The lowest BCUT2D eigenvalue weighted by Gasteiger charge is -2.04. The van der Waals surface area contributed by atoms with Crippen LogP contribution in [0.4, 0.5) is 0 Å². The zero-order valence-corrected chi connectivity index (χ0v) is 7.14. The SMILES string of the molecule is O=C(O)C1CC1C1CCCS1. The van der Waals surface area contributed by atoms with Gasteiger partial charge in [0.15, 0.2) is 0 Å². The molecule has 0 bridgehead atoms. The van der Waals surface area contributed by atoms with Gasteiger partial charge >= 0.3 is 5.97 Å². The second kappa shape index (κ2) is 2.70. The summed E-state index contributed by atoms with van der Waals surface area (Å²) < 4.78 is 0. The van der Waals surface area contributed by atoms with Crippen molar-refractivity contribution in [3.05, 3.63) is 0 Å². The maximum absolute atomic E-state index is 10.5. The Morgan fingerprint density at radius 1 is 1.55 bits per heavy atom. The summed E-state index contributed by atoms with van der Waals surface area (Å²) in [4.78, 5) is 10.5. The molecule has 1 saturated carbocycles. The van der Waals surface area contributed by atoms with Crippen LogP contribution in [-0.4, -0.2) is 22.1 Å². The third-order valence-electron chi connectivity index (χ3n) is 2.60. The largest absolute Gasteiger partial charge is 0.481 e. The van der Waals surface area contributed by atoms with E-state index in [9.17, 15) is 4.79 Å². The Morgan fingerprint density at radius 2 is 2.36 bits per heavy atom. The molecule has 2 nitrogen and oxygen atoms in total. The zero-order valence-electron chi connectivity index (χ0n) is 6.32. The zero-order chi connectivity index (χ0) is 7.84. The van der Waals surface area contributed by atoms with Crippen molar-refractivity contribution in [2.24, 2.45) is 11.8 Å². The summed E-state index contributed by atoms with van der Waals surface area (Å²) in [5.41, 5.74) is 0. The molecule has 0 radical (unpaired) electrons. The third kappa shape index (κ3) is 1.39. The van der Waals surface area contributed by atoms with E-state index in [1.807, 2.05) is 11.8 Å². The van der Waals surface area contributed by atoms with Crippen molar-refractivity contribution in [3.63, 3.8) is 0 Å². The molecule has 11 heavy (non-hydrogen) atoms. The van der Waals surface area contributed by atoms with Gasteiger partial charge in [0.1, 0.15) is 0 Å². The number of carbonyl (C=O) groups is 1. The van der Waals surface area contributed by atoms with Crippen molar-refractivity contribution in [1.29, 1.82) is 0 Å². The summed E-state index contributed by atoms with van der Waals surface area (Å²) >= 11 is 1.97. The van der Waals surface area contributed by atoms with E-state index in [0.717, 1.165) is 6.42 Å². The third-order valence-corrected chi connectivity index (χ3v) is 4.14. The minimum atomic E-state index is -0.581. The van der Waals surface area contributed by atoms with Crippen LogP contribution in [0.3, 0.4) is 0 Å². The van der Waals surface area contributed by atoms with E-state index in [1.165, 1.54) is 18.6 Å². The van der Waals surface area contributed by atoms with Crippen molar-refractivity contribution in [2.75, 3.05) is 5.75 Å². The molecule has 62 valence electrons. The monoisotopic (exact) mass is 172 g/mol. The van der Waals surface area contributed by atoms with E-state index in [-0.39, 0.29) is 5.92 Å². The Bertz CT molecular complexity index is 175. The first-order chi connectivity index (χ1) is 5.29. The number of aliphatic carboxylic acids is 1. The predicted octanol–water partition coefficient (Wildman–Crippen LogP) is 1.60. The molecule has 1 N–H and O–H groups in total. The molecule has 2 rings (SSSR count). The average Bonchev–Trinajstić information content (AvgIpc) is 2.60. The molecule has 3 atom stereocenters. The first kappa shape index (κ1) is 7.47. The molecule has 1 saturated heterocycles. The van der Waals surface area contributed by atoms with Crippen LogP contribution in [-0.2, 0) is 4.79 Å². The van der Waals surface area contributed by atoms with Gasteiger partial charge < -0.3 is 5.11 Å². The minimum absolute atomic E-state index is 0.00519. The summed E-state index contributed by atoms with van der Waals surface area (Å²) in [6, 6.07) is 0. The van der Waals surface area contributed by atoms with Crippen molar-refractivity contribution >= 4 is 17.7 Å². The van der Waals surface area contributed by atoms with E-state index >= 15 is 0 Å². The highest BCUT2D eigenvalue weighted by molar-refractivity contribution is 8.00. The fourth-order valence-electron chi connectivity index (χ4n) is 1.85. The van der Waals surface area contributed by atoms with E-state index in [4.69, 9.17) is 5.11 Å². The van der Waals surface area contributed by atoms with Gasteiger partial charge in [-0.1, -0.05) is 0 Å². The van der Waals surface area contributed by atoms with Crippen LogP contribution in [0.2, 0.25) is 0 Å². The Balaban J connectivity index is 1.85. The number of carboxylic acid groups (broad SMARTS) is 1. The lowest BCUT2D eigenvalue weighted by Crippen LogP contribution is -2.07. The van der Waals surface area contributed by atoms with E-state index < -0.39 is 5.97 Å². The molecule has 2 aliphatic rings. The van der Waals surface area contributed by atoms with Crippen molar-refractivity contribution in [2.45, 2.75) is 24.5 Å². The summed E-state index contributed by atoms with van der Waals surface area (Å²) in [5, 5.41) is 9.35. The molecule has 1 aliphatic heterocycles. The van der Waals surface area contributed by atoms with Gasteiger partial charge in [-0.2, -0.15) is 11.8 Å². The van der Waals surface area contributed by atoms with Crippen LogP contribution in [0, 0.1) is 11.8 Å². The fraction of sp³-hybridized carbons (Fsp3) is 0.875. The quantitative estimate of drug-likeness (QED) is 0.687. The first-order valence-electron chi connectivity index (χ1n) is 4.13. The van der Waals surface area contributed by atoms with Crippen LogP contribution in [0.25, 0.3) is 0 Å². The van der Waals surface area contributed by atoms with Gasteiger partial charge in [-0.25, -0.2) is 0 Å². The Hall–Kier alpha value is -0.180. The number of hydrogen-bond acceptors (Lipinski definition) is 2. The molecule has 0 aromatic heterocycles. The standard InChI is InChI=1S/C8H12O2S/c9-8(10)6-4-5(6)7-2-1-3-11-7/h5-7H,1-4H2,(H,9,10). The van der Waals surface area contributed by atoms with Gasteiger partial charge in [-0.3, -0.25) is 4.79 Å². The van der Waals surface area contributed by atoms with Crippen LogP contribution in [0.15, 0.2) is 0 Å². The molecule has 1 aliphatic carbocycles. The highest BCUT2D eigenvalue weighted by Gasteiger charge is 2.48. The molecular weight excluding hydrogens is 160 g/mol. The second-order valence-corrected chi connectivity index (χ2v) is 4.74.